The Balaban J connectivity index is 1.22. The zero-order valence-electron chi connectivity index (χ0n) is 53.9. The van der Waals surface area contributed by atoms with E-state index in [1.54, 1.807) is 63.8 Å². The number of hydrogen-bond acceptors (Lipinski definition) is 20. The van der Waals surface area contributed by atoms with Crippen molar-refractivity contribution in [3.8, 4) is 0 Å². The number of nitrogens with two attached hydrogens (primary N) is 1. The molecule has 3 heterocycles. The van der Waals surface area contributed by atoms with E-state index in [2.05, 4.69) is 21.3 Å². The van der Waals surface area contributed by atoms with Gasteiger partial charge in [-0.3, -0.25) is 66.8 Å². The van der Waals surface area contributed by atoms with Crippen LogP contribution < -0.4 is 27.0 Å². The molecule has 35 heteroatoms. The number of aliphatic carboxylic acids is 2. The van der Waals surface area contributed by atoms with Crippen LogP contribution in [0.4, 0.5) is 0 Å². The molecule has 3 saturated heterocycles. The van der Waals surface area contributed by atoms with Gasteiger partial charge >= 0.3 is 11.9 Å². The van der Waals surface area contributed by atoms with Gasteiger partial charge in [-0.25, -0.2) is 4.79 Å². The van der Waals surface area contributed by atoms with Gasteiger partial charge in [-0.05, 0) is 60.8 Å². The number of carbonyl (C=O) groups excluding carboxylic acids is 7. The van der Waals surface area contributed by atoms with E-state index in [4.69, 9.17) is 5.73 Å². The maximum atomic E-state index is 14.1. The Bertz CT molecular complexity index is 3040. The molecule has 3 aliphatic heterocycles. The standard InChI is InChI=1S/C60H95N10O19P3S3/c1-3-42(2)56(78)63-47(13-14-54(75)76)57(79)64-48(32-43-9-5-4-6-10-43)58(80)65-49(60(82)83)36-95-35-46-30-44(33-93-27-16-53(74)69-18-8-12-51(69)59(81)70-19-7-11-50(70)55(61)77)29-45(31-46)34-94-28-17-62-52(73)15-26-90(84,85)37-66-20-22-67(38-91(86,87)40-71)24-25-68(23-21-66)39-92(88,89)41-72/h4-6,9-10,29-31,42,47-51,71-72H,3,7-8,11-28,32-41H2,1-2H3,(H2,61,77)(H,62,73)(H,63,78)(H,64,79)(H,65,80)(H,75,76)(H,82,83)(H,84,85)(H,86,87)(H,88,89)/t42-,47-,48-,49?,50-,51-/m0/s1. The second kappa shape index (κ2) is 40.2. The fourth-order valence-corrected chi connectivity index (χ4v) is 17.3. The molecule has 0 spiro atoms. The number of thioether (sulfide) groups is 3. The predicted octanol–water partition coefficient (Wildman–Crippen LogP) is 1.95. The third-order valence-electron chi connectivity index (χ3n) is 16.4. The molecule has 0 bridgehead atoms. The Labute approximate surface area is 567 Å². The molecular formula is C60H95N10O19P3S3. The third kappa shape index (κ3) is 28.8. The van der Waals surface area contributed by atoms with Gasteiger partial charge in [0.2, 0.25) is 63.5 Å². The number of carbonyl (C=O) groups is 9. The lowest BCUT2D eigenvalue weighted by Gasteiger charge is -2.30. The number of carboxylic acid groups (broad SMARTS) is 2. The Morgan fingerprint density at radius 3 is 1.62 bits per heavy atom. The van der Waals surface area contributed by atoms with E-state index in [1.807, 2.05) is 18.2 Å². The Morgan fingerprint density at radius 2 is 1.09 bits per heavy atom. The smallest absolute Gasteiger partial charge is 0.327 e. The summed E-state index contributed by atoms with van der Waals surface area (Å²) in [5, 5.41) is 49.3. The maximum Gasteiger partial charge on any atom is 0.327 e. The largest absolute Gasteiger partial charge is 0.481 e. The average Bonchev–Trinajstić information content (AvgIpc) is 1.69. The number of aliphatic hydroxyl groups is 2. The molecule has 0 radical (unpaired) electrons. The summed E-state index contributed by atoms with van der Waals surface area (Å²) in [6, 6.07) is 9.11. The molecule has 29 nitrogen and oxygen atoms in total. The molecule has 7 amide bonds. The quantitative estimate of drug-likeness (QED) is 0.0335. The van der Waals surface area contributed by atoms with Gasteiger partial charge in [0.25, 0.3) is 0 Å². The fraction of sp³-hybridized carbons (Fsp3) is 0.650. The van der Waals surface area contributed by atoms with Crippen molar-refractivity contribution < 1.29 is 92.0 Å². The summed E-state index contributed by atoms with van der Waals surface area (Å²) >= 11 is 4.23. The van der Waals surface area contributed by atoms with E-state index in [1.165, 1.54) is 40.2 Å². The first-order valence-corrected chi connectivity index (χ1v) is 41.3. The number of benzene rings is 2. The summed E-state index contributed by atoms with van der Waals surface area (Å²) in [5.41, 5.74) is 8.80. The van der Waals surface area contributed by atoms with Crippen molar-refractivity contribution in [3.63, 3.8) is 0 Å². The number of primary amides is 1. The van der Waals surface area contributed by atoms with E-state index in [-0.39, 0.29) is 120 Å². The van der Waals surface area contributed by atoms with E-state index >= 15 is 0 Å². The van der Waals surface area contributed by atoms with Gasteiger partial charge in [-0.2, -0.15) is 35.3 Å². The van der Waals surface area contributed by atoms with Crippen LogP contribution in [0.3, 0.4) is 0 Å². The van der Waals surface area contributed by atoms with Crippen molar-refractivity contribution in [3.05, 3.63) is 70.8 Å². The van der Waals surface area contributed by atoms with Crippen molar-refractivity contribution in [1.82, 2.24) is 45.8 Å². The SMILES string of the molecule is CC[C@H](C)C(=O)N[C@@H](CCC(=O)O)C(=O)N[C@@H](Cc1ccccc1)C(=O)NC(CSCc1cc(CSCCNC(=O)CCP(=O)(O)CN2CCN(CP(=O)(O)CO)CCN(CP(=O)(O)CO)CC2)cc(CSCCC(=O)N2CCC[C@H]2C(=O)N2CCC[C@H]2C(N)=O)c1)C(=O)O. The predicted molar refractivity (Wildman–Crippen MR) is 364 cm³/mol. The highest BCUT2D eigenvalue weighted by atomic mass is 32.2. The van der Waals surface area contributed by atoms with Crippen molar-refractivity contribution in [2.45, 2.75) is 126 Å². The lowest BCUT2D eigenvalue weighted by Crippen LogP contribution is -2.57. The number of hydrogen-bond donors (Lipinski definition) is 12. The number of nitrogens with one attached hydrogen (secondary N) is 4. The normalized spacial score (nSPS) is 19.9. The lowest BCUT2D eigenvalue weighted by molar-refractivity contribution is -0.146. The van der Waals surface area contributed by atoms with Gasteiger partial charge in [0.05, 0.1) is 18.9 Å². The minimum atomic E-state index is -3.99. The number of nitrogens with zero attached hydrogens (tertiary/aromatic N) is 5. The molecule has 9 atom stereocenters. The van der Waals surface area contributed by atoms with Crippen LogP contribution in [-0.4, -0.2) is 257 Å². The summed E-state index contributed by atoms with van der Waals surface area (Å²) in [6.07, 6.45) is -1.56. The fourth-order valence-electron chi connectivity index (χ4n) is 11.1. The van der Waals surface area contributed by atoms with Gasteiger partial charge < -0.3 is 71.9 Å². The van der Waals surface area contributed by atoms with Crippen LogP contribution in [0.2, 0.25) is 0 Å². The average molecular weight is 1450 g/mol. The zero-order chi connectivity index (χ0) is 69.9. The molecule has 2 aromatic carbocycles. The highest BCUT2D eigenvalue weighted by Gasteiger charge is 2.42. The first-order valence-electron chi connectivity index (χ1n) is 31.7. The molecule has 0 aliphatic carbocycles. The molecule has 3 fully saturated rings. The summed E-state index contributed by atoms with van der Waals surface area (Å²) in [4.78, 5) is 157. The molecular weight excluding hydrogens is 1350 g/mol. The summed E-state index contributed by atoms with van der Waals surface area (Å²) in [6.45, 7) is 5.52. The van der Waals surface area contributed by atoms with Gasteiger partial charge in [0, 0.05) is 131 Å². The number of amides is 7. The minimum Gasteiger partial charge on any atom is -0.481 e. The summed E-state index contributed by atoms with van der Waals surface area (Å²) in [7, 11) is -11.9. The van der Waals surface area contributed by atoms with Crippen LogP contribution in [0.5, 0.6) is 0 Å². The van der Waals surface area contributed by atoms with Gasteiger partial charge in [0.1, 0.15) is 42.9 Å². The van der Waals surface area contributed by atoms with Crippen LogP contribution in [0.1, 0.15) is 93.9 Å². The Hall–Kier alpha value is -4.91. The molecule has 5 rings (SSSR count). The minimum absolute atomic E-state index is 0.0669. The molecule has 4 unspecified atom stereocenters. The van der Waals surface area contributed by atoms with Crippen LogP contribution in [0.15, 0.2) is 48.5 Å². The Kier molecular flexibility index (Phi) is 34.2. The molecule has 0 saturated carbocycles. The second-order valence-electron chi connectivity index (χ2n) is 24.2. The van der Waals surface area contributed by atoms with Crippen molar-refractivity contribution in [2.24, 2.45) is 11.7 Å². The second-order valence-corrected chi connectivity index (χ2v) is 34.4. The first-order chi connectivity index (χ1) is 45.0. The molecule has 2 aromatic rings. The van der Waals surface area contributed by atoms with Gasteiger partial charge in [-0.1, -0.05) is 62.4 Å². The van der Waals surface area contributed by atoms with Crippen molar-refractivity contribution in [1.29, 1.82) is 0 Å². The molecule has 13 N–H and O–H groups in total. The number of carboxylic acids is 2. The zero-order valence-corrected chi connectivity index (χ0v) is 59.0. The first kappa shape index (κ1) is 80.8. The van der Waals surface area contributed by atoms with Crippen LogP contribution in [0.25, 0.3) is 0 Å². The summed E-state index contributed by atoms with van der Waals surface area (Å²) in [5.74, 6) is -4.69. The van der Waals surface area contributed by atoms with Crippen LogP contribution >= 0.6 is 57.4 Å². The van der Waals surface area contributed by atoms with E-state index in [0.29, 0.717) is 73.8 Å². The van der Waals surface area contributed by atoms with Crippen LogP contribution in [0, 0.1) is 5.92 Å². The van der Waals surface area contributed by atoms with E-state index < -0.39 is 119 Å². The highest BCUT2D eigenvalue weighted by Crippen LogP contribution is 2.43. The molecule has 95 heavy (non-hydrogen) atoms. The summed E-state index contributed by atoms with van der Waals surface area (Å²) < 4.78 is 38.4. The molecule has 532 valence electrons. The van der Waals surface area contributed by atoms with Gasteiger partial charge in [-0.15, -0.1) is 0 Å². The van der Waals surface area contributed by atoms with Crippen molar-refractivity contribution in [2.75, 3.05) is 114 Å². The van der Waals surface area contributed by atoms with Crippen LogP contribution in [-0.2, 0) is 80.5 Å². The Morgan fingerprint density at radius 1 is 0.600 bits per heavy atom. The highest BCUT2D eigenvalue weighted by molar-refractivity contribution is 7.99. The lowest BCUT2D eigenvalue weighted by atomic mass is 10.0. The monoisotopic (exact) mass is 1450 g/mol. The van der Waals surface area contributed by atoms with E-state index in [9.17, 15) is 92.0 Å². The number of rotatable bonds is 40. The molecule has 3 aliphatic rings. The maximum absolute atomic E-state index is 14.1. The third-order valence-corrected chi connectivity index (χ3v) is 23.9. The van der Waals surface area contributed by atoms with E-state index in [0.717, 1.165) is 16.7 Å². The van der Waals surface area contributed by atoms with Crippen molar-refractivity contribution >= 4 is 111 Å². The topological polar surface area (TPSA) is 437 Å². The molecule has 0 aromatic heterocycles. The number of aliphatic hydroxyl groups excluding tert-OH is 2. The van der Waals surface area contributed by atoms with Gasteiger partial charge in [0.15, 0.2) is 0 Å². The number of likely N-dealkylation sites (tertiary alicyclic amines) is 2.